The van der Waals surface area contributed by atoms with E-state index < -0.39 is 0 Å². The molecular formula is C16H12Cl2N4O. The molecule has 0 saturated carbocycles. The molecule has 1 amide bonds. The van der Waals surface area contributed by atoms with Crippen LogP contribution in [0.5, 0.6) is 0 Å². The Kier molecular flexibility index (Phi) is 4.32. The first-order chi connectivity index (χ1) is 11.1. The van der Waals surface area contributed by atoms with Gasteiger partial charge in [-0.15, -0.1) is 0 Å². The molecule has 0 atom stereocenters. The molecule has 7 heteroatoms. The molecule has 0 bridgehead atoms. The van der Waals surface area contributed by atoms with Crippen LogP contribution in [0.4, 0.5) is 0 Å². The third-order valence-electron chi connectivity index (χ3n) is 3.24. The second kappa shape index (κ2) is 6.40. The van der Waals surface area contributed by atoms with E-state index in [0.29, 0.717) is 27.1 Å². The van der Waals surface area contributed by atoms with Crippen molar-refractivity contribution in [2.75, 3.05) is 0 Å². The number of aromatic nitrogens is 2. The van der Waals surface area contributed by atoms with Gasteiger partial charge < -0.3 is 0 Å². The number of nitrogens with one attached hydrogen (secondary N) is 1. The van der Waals surface area contributed by atoms with E-state index >= 15 is 0 Å². The predicted molar refractivity (Wildman–Crippen MR) is 91.5 cm³/mol. The van der Waals surface area contributed by atoms with E-state index in [0.717, 1.165) is 5.56 Å². The van der Waals surface area contributed by atoms with Gasteiger partial charge in [-0.05, 0) is 36.8 Å². The number of hydrazone groups is 1. The van der Waals surface area contributed by atoms with Crippen LogP contribution in [0.1, 0.15) is 21.7 Å². The summed E-state index contributed by atoms with van der Waals surface area (Å²) in [5.74, 6) is -0.336. The van der Waals surface area contributed by atoms with Crippen LogP contribution in [-0.4, -0.2) is 21.5 Å². The fraction of sp³-hybridized carbons (Fsp3) is 0.0625. The second-order valence-corrected chi connectivity index (χ2v) is 5.66. The summed E-state index contributed by atoms with van der Waals surface area (Å²) in [6.07, 6.45) is 3.28. The van der Waals surface area contributed by atoms with Crippen molar-refractivity contribution < 1.29 is 4.79 Å². The van der Waals surface area contributed by atoms with Gasteiger partial charge in [0.15, 0.2) is 0 Å². The van der Waals surface area contributed by atoms with E-state index in [9.17, 15) is 4.79 Å². The largest absolute Gasteiger partial charge is 0.295 e. The van der Waals surface area contributed by atoms with Crippen molar-refractivity contribution in [3.63, 3.8) is 0 Å². The molecule has 0 radical (unpaired) electrons. The lowest BCUT2D eigenvalue weighted by molar-refractivity contribution is 0.0948. The molecule has 2 aromatic heterocycles. The van der Waals surface area contributed by atoms with Gasteiger partial charge in [-0.1, -0.05) is 35.3 Å². The number of carbonyl (C=O) groups is 1. The van der Waals surface area contributed by atoms with E-state index in [1.807, 2.05) is 18.2 Å². The number of benzene rings is 1. The number of amides is 1. The molecule has 1 aromatic carbocycles. The smallest absolute Gasteiger partial charge is 0.290 e. The minimum atomic E-state index is -0.336. The maximum atomic E-state index is 12.3. The molecule has 23 heavy (non-hydrogen) atoms. The van der Waals surface area contributed by atoms with Crippen molar-refractivity contribution in [3.8, 4) is 0 Å². The summed E-state index contributed by atoms with van der Waals surface area (Å²) in [6, 6.07) is 10.6. The molecule has 5 nitrogen and oxygen atoms in total. The summed E-state index contributed by atoms with van der Waals surface area (Å²) in [6.45, 7) is 1.78. The molecule has 116 valence electrons. The van der Waals surface area contributed by atoms with Gasteiger partial charge in [-0.2, -0.15) is 5.10 Å². The lowest BCUT2D eigenvalue weighted by Gasteiger charge is -2.01. The fourth-order valence-electron chi connectivity index (χ4n) is 2.20. The second-order valence-electron chi connectivity index (χ2n) is 4.85. The van der Waals surface area contributed by atoms with Crippen LogP contribution in [-0.2, 0) is 0 Å². The minimum Gasteiger partial charge on any atom is -0.295 e. The topological polar surface area (TPSA) is 58.8 Å². The first kappa shape index (κ1) is 15.5. The van der Waals surface area contributed by atoms with Crippen LogP contribution in [0.2, 0.25) is 10.0 Å². The highest BCUT2D eigenvalue weighted by Gasteiger charge is 2.15. The monoisotopic (exact) mass is 346 g/mol. The summed E-state index contributed by atoms with van der Waals surface area (Å²) >= 11 is 11.8. The number of hydrogen-bond acceptors (Lipinski definition) is 3. The van der Waals surface area contributed by atoms with Crippen LogP contribution in [0.15, 0.2) is 47.7 Å². The number of carbonyl (C=O) groups excluding carboxylic acids is 1. The van der Waals surface area contributed by atoms with Crippen molar-refractivity contribution in [2.24, 2.45) is 5.10 Å². The minimum absolute atomic E-state index is 0.336. The number of imidazole rings is 1. The Balaban J connectivity index is 1.79. The van der Waals surface area contributed by atoms with E-state index in [2.05, 4.69) is 15.5 Å². The van der Waals surface area contributed by atoms with Crippen molar-refractivity contribution >= 4 is 41.0 Å². The van der Waals surface area contributed by atoms with Crippen molar-refractivity contribution in [1.29, 1.82) is 0 Å². The molecule has 2 heterocycles. The van der Waals surface area contributed by atoms with Crippen LogP contribution in [0, 0.1) is 6.92 Å². The van der Waals surface area contributed by atoms with Gasteiger partial charge in [0.1, 0.15) is 11.3 Å². The molecule has 0 aliphatic heterocycles. The molecule has 3 aromatic rings. The lowest BCUT2D eigenvalue weighted by atomic mass is 10.2. The lowest BCUT2D eigenvalue weighted by Crippen LogP contribution is -2.20. The van der Waals surface area contributed by atoms with E-state index in [-0.39, 0.29) is 5.91 Å². The average Bonchev–Trinajstić information content (AvgIpc) is 2.86. The third-order valence-corrected chi connectivity index (χ3v) is 3.98. The molecule has 0 aliphatic rings. The van der Waals surface area contributed by atoms with Crippen molar-refractivity contribution in [3.05, 3.63) is 69.6 Å². The van der Waals surface area contributed by atoms with Gasteiger partial charge in [-0.3, -0.25) is 9.20 Å². The van der Waals surface area contributed by atoms with Gasteiger partial charge in [-0.25, -0.2) is 10.4 Å². The summed E-state index contributed by atoms with van der Waals surface area (Å²) in [7, 11) is 0. The molecule has 1 N–H and O–H groups in total. The maximum Gasteiger partial charge on any atom is 0.290 e. The van der Waals surface area contributed by atoms with Crippen LogP contribution in [0.25, 0.3) is 5.65 Å². The van der Waals surface area contributed by atoms with Crippen LogP contribution >= 0.6 is 23.2 Å². The Hall–Kier alpha value is -2.37. The third kappa shape index (κ3) is 3.21. The van der Waals surface area contributed by atoms with Crippen LogP contribution < -0.4 is 5.43 Å². The quantitative estimate of drug-likeness (QED) is 0.580. The highest BCUT2D eigenvalue weighted by atomic mass is 35.5. The number of nitrogens with zero attached hydrogens (tertiary/aromatic N) is 3. The average molecular weight is 347 g/mol. The van der Waals surface area contributed by atoms with Crippen molar-refractivity contribution in [2.45, 2.75) is 6.92 Å². The molecular weight excluding hydrogens is 335 g/mol. The molecule has 0 fully saturated rings. The Morgan fingerprint density at radius 1 is 1.26 bits per heavy atom. The van der Waals surface area contributed by atoms with Gasteiger partial charge in [0, 0.05) is 6.20 Å². The van der Waals surface area contributed by atoms with E-state index in [4.69, 9.17) is 23.2 Å². The predicted octanol–water partition coefficient (Wildman–Crippen LogP) is 3.71. The SMILES string of the molecule is Cc1nc2ccccn2c1C(=O)NN=Cc1ccc(Cl)c(Cl)c1. The standard InChI is InChI=1S/C16H12Cl2N4O/c1-10-15(22-7-3-2-4-14(22)20-10)16(23)21-19-9-11-5-6-12(17)13(18)8-11/h2-9H,1H3,(H,21,23). The Labute approximate surface area is 142 Å². The zero-order valence-corrected chi connectivity index (χ0v) is 13.6. The Morgan fingerprint density at radius 3 is 2.87 bits per heavy atom. The van der Waals surface area contributed by atoms with Gasteiger partial charge in [0.05, 0.1) is 22.0 Å². The summed E-state index contributed by atoms with van der Waals surface area (Å²) < 4.78 is 1.72. The number of fused-ring (bicyclic) bond motifs is 1. The highest BCUT2D eigenvalue weighted by Crippen LogP contribution is 2.21. The number of aryl methyl sites for hydroxylation is 1. The first-order valence-electron chi connectivity index (χ1n) is 6.78. The molecule has 0 spiro atoms. The summed E-state index contributed by atoms with van der Waals surface area (Å²) in [5, 5.41) is 4.85. The number of hydrogen-bond donors (Lipinski definition) is 1. The maximum absolute atomic E-state index is 12.3. The fourth-order valence-corrected chi connectivity index (χ4v) is 2.50. The number of halogens is 2. The molecule has 3 rings (SSSR count). The van der Waals surface area contributed by atoms with Gasteiger partial charge in [0.25, 0.3) is 5.91 Å². The molecule has 0 saturated heterocycles. The zero-order valence-electron chi connectivity index (χ0n) is 12.1. The van der Waals surface area contributed by atoms with E-state index in [1.165, 1.54) is 6.21 Å². The van der Waals surface area contributed by atoms with E-state index in [1.54, 1.807) is 35.7 Å². The van der Waals surface area contributed by atoms with Crippen LogP contribution in [0.3, 0.4) is 0 Å². The first-order valence-corrected chi connectivity index (χ1v) is 7.54. The number of rotatable bonds is 3. The zero-order chi connectivity index (χ0) is 16.4. The Bertz CT molecular complexity index is 918. The van der Waals surface area contributed by atoms with Gasteiger partial charge in [0.2, 0.25) is 0 Å². The normalized spacial score (nSPS) is 11.3. The summed E-state index contributed by atoms with van der Waals surface area (Å²) in [5.41, 5.74) is 5.03. The summed E-state index contributed by atoms with van der Waals surface area (Å²) in [4.78, 5) is 16.7. The van der Waals surface area contributed by atoms with Gasteiger partial charge >= 0.3 is 0 Å². The highest BCUT2D eigenvalue weighted by molar-refractivity contribution is 6.42. The Morgan fingerprint density at radius 2 is 2.09 bits per heavy atom. The molecule has 0 aliphatic carbocycles. The molecule has 0 unspecified atom stereocenters. The number of pyridine rings is 1. The van der Waals surface area contributed by atoms with Crippen molar-refractivity contribution in [1.82, 2.24) is 14.8 Å².